The van der Waals surface area contributed by atoms with Crippen LogP contribution in [0.1, 0.15) is 24.2 Å². The first kappa shape index (κ1) is 12.9. The first-order valence-corrected chi connectivity index (χ1v) is 5.82. The summed E-state index contributed by atoms with van der Waals surface area (Å²) < 4.78 is 19.1. The number of nitriles is 1. The van der Waals surface area contributed by atoms with Crippen molar-refractivity contribution in [2.45, 2.75) is 13.0 Å². The van der Waals surface area contributed by atoms with Gasteiger partial charge in [0.2, 0.25) is 0 Å². The number of ether oxygens (including phenoxy) is 1. The molecule has 2 rings (SSSR count). The van der Waals surface area contributed by atoms with Gasteiger partial charge in [-0.25, -0.2) is 4.39 Å². The predicted molar refractivity (Wildman–Crippen MR) is 71.0 cm³/mol. The van der Waals surface area contributed by atoms with E-state index >= 15 is 0 Å². The zero-order valence-electron chi connectivity index (χ0n) is 10.4. The second kappa shape index (κ2) is 5.40. The molecule has 2 aromatic rings. The van der Waals surface area contributed by atoms with E-state index in [-0.39, 0.29) is 17.4 Å². The SMILES string of the molecule is CC(Oc1cccc(F)c1C#N)c1ccc(N)cc1. The standard InChI is InChI=1S/C15H13FN2O/c1-10(11-5-7-12(18)8-6-11)19-15-4-2-3-14(16)13(15)9-17/h2-8,10H,18H2,1H3. The van der Waals surface area contributed by atoms with Gasteiger partial charge in [-0.15, -0.1) is 0 Å². The molecule has 0 fully saturated rings. The molecule has 2 aromatic carbocycles. The molecule has 0 spiro atoms. The third kappa shape index (κ3) is 2.83. The molecular formula is C15H13FN2O. The fourth-order valence-corrected chi connectivity index (χ4v) is 1.74. The van der Waals surface area contributed by atoms with E-state index in [0.29, 0.717) is 5.69 Å². The molecule has 0 saturated heterocycles. The van der Waals surface area contributed by atoms with Crippen LogP contribution in [0.2, 0.25) is 0 Å². The van der Waals surface area contributed by atoms with E-state index in [4.69, 9.17) is 15.7 Å². The Morgan fingerprint density at radius 2 is 1.89 bits per heavy atom. The lowest BCUT2D eigenvalue weighted by atomic mass is 10.1. The van der Waals surface area contributed by atoms with Gasteiger partial charge in [0, 0.05) is 5.69 Å². The Labute approximate surface area is 111 Å². The lowest BCUT2D eigenvalue weighted by Crippen LogP contribution is -2.05. The third-order valence-electron chi connectivity index (χ3n) is 2.80. The van der Waals surface area contributed by atoms with Gasteiger partial charge in [-0.2, -0.15) is 5.26 Å². The van der Waals surface area contributed by atoms with Crippen molar-refractivity contribution in [1.29, 1.82) is 5.26 Å². The monoisotopic (exact) mass is 256 g/mol. The summed E-state index contributed by atoms with van der Waals surface area (Å²) in [5, 5.41) is 8.93. The van der Waals surface area contributed by atoms with Crippen LogP contribution in [0.25, 0.3) is 0 Å². The van der Waals surface area contributed by atoms with E-state index < -0.39 is 5.82 Å². The van der Waals surface area contributed by atoms with E-state index in [1.54, 1.807) is 18.2 Å². The molecule has 0 radical (unpaired) electrons. The van der Waals surface area contributed by atoms with Crippen molar-refractivity contribution in [2.24, 2.45) is 0 Å². The Balaban J connectivity index is 2.24. The summed E-state index contributed by atoms with van der Waals surface area (Å²) in [7, 11) is 0. The average molecular weight is 256 g/mol. The number of hydrogen-bond donors (Lipinski definition) is 1. The van der Waals surface area contributed by atoms with Crippen LogP contribution in [0.5, 0.6) is 5.75 Å². The highest BCUT2D eigenvalue weighted by atomic mass is 19.1. The van der Waals surface area contributed by atoms with E-state index in [1.165, 1.54) is 12.1 Å². The smallest absolute Gasteiger partial charge is 0.144 e. The molecule has 96 valence electrons. The Morgan fingerprint density at radius 3 is 2.53 bits per heavy atom. The number of nitrogen functional groups attached to an aromatic ring is 1. The highest BCUT2D eigenvalue weighted by Crippen LogP contribution is 2.26. The molecule has 0 amide bonds. The number of nitrogens with two attached hydrogens (primary N) is 1. The maximum atomic E-state index is 13.4. The maximum absolute atomic E-state index is 13.4. The fraction of sp³-hybridized carbons (Fsp3) is 0.133. The van der Waals surface area contributed by atoms with Crippen molar-refractivity contribution in [3.05, 3.63) is 59.4 Å². The lowest BCUT2D eigenvalue weighted by Gasteiger charge is -2.16. The van der Waals surface area contributed by atoms with Gasteiger partial charge >= 0.3 is 0 Å². The van der Waals surface area contributed by atoms with Gasteiger partial charge in [0.15, 0.2) is 0 Å². The fourth-order valence-electron chi connectivity index (χ4n) is 1.74. The number of anilines is 1. The number of hydrogen-bond acceptors (Lipinski definition) is 3. The summed E-state index contributed by atoms with van der Waals surface area (Å²) in [6.45, 7) is 1.83. The molecule has 0 aliphatic heterocycles. The first-order valence-electron chi connectivity index (χ1n) is 5.82. The zero-order valence-corrected chi connectivity index (χ0v) is 10.4. The van der Waals surface area contributed by atoms with Gasteiger partial charge in [-0.05, 0) is 36.8 Å². The molecule has 0 bridgehead atoms. The Hall–Kier alpha value is -2.54. The van der Waals surface area contributed by atoms with E-state index in [9.17, 15) is 4.39 Å². The highest BCUT2D eigenvalue weighted by molar-refractivity contribution is 5.44. The summed E-state index contributed by atoms with van der Waals surface area (Å²) in [5.41, 5.74) is 7.10. The normalized spacial score (nSPS) is 11.6. The van der Waals surface area contributed by atoms with Crippen LogP contribution in [0, 0.1) is 17.1 Å². The minimum atomic E-state index is -0.579. The maximum Gasteiger partial charge on any atom is 0.144 e. The summed E-state index contributed by atoms with van der Waals surface area (Å²) >= 11 is 0. The molecule has 0 heterocycles. The molecule has 0 saturated carbocycles. The van der Waals surface area contributed by atoms with Gasteiger partial charge in [0.1, 0.15) is 29.3 Å². The van der Waals surface area contributed by atoms with E-state index in [0.717, 1.165) is 5.56 Å². The van der Waals surface area contributed by atoms with Crippen molar-refractivity contribution in [1.82, 2.24) is 0 Å². The minimum absolute atomic E-state index is 0.0789. The van der Waals surface area contributed by atoms with Gasteiger partial charge in [-0.3, -0.25) is 0 Å². The van der Waals surface area contributed by atoms with Gasteiger partial charge in [0.05, 0.1) is 0 Å². The molecule has 0 aliphatic rings. The van der Waals surface area contributed by atoms with Crippen LogP contribution in [-0.4, -0.2) is 0 Å². The van der Waals surface area contributed by atoms with Crippen LogP contribution in [-0.2, 0) is 0 Å². The Morgan fingerprint density at radius 1 is 1.21 bits per heavy atom. The molecule has 1 atom stereocenters. The van der Waals surface area contributed by atoms with Crippen molar-refractivity contribution in [2.75, 3.05) is 5.73 Å². The summed E-state index contributed by atoms with van der Waals surface area (Å²) in [6.07, 6.45) is -0.297. The second-order valence-corrected chi connectivity index (χ2v) is 4.15. The quantitative estimate of drug-likeness (QED) is 0.856. The first-order chi connectivity index (χ1) is 9.11. The highest BCUT2D eigenvalue weighted by Gasteiger charge is 2.13. The van der Waals surface area contributed by atoms with E-state index in [2.05, 4.69) is 0 Å². The van der Waals surface area contributed by atoms with Crippen molar-refractivity contribution >= 4 is 5.69 Å². The largest absolute Gasteiger partial charge is 0.485 e. The molecular weight excluding hydrogens is 243 g/mol. The van der Waals surface area contributed by atoms with Crippen molar-refractivity contribution < 1.29 is 9.13 Å². The molecule has 1 unspecified atom stereocenters. The van der Waals surface area contributed by atoms with Gasteiger partial charge < -0.3 is 10.5 Å². The number of rotatable bonds is 3. The average Bonchev–Trinajstić information content (AvgIpc) is 2.39. The molecule has 4 heteroatoms. The van der Waals surface area contributed by atoms with Crippen LogP contribution >= 0.6 is 0 Å². The van der Waals surface area contributed by atoms with Crippen LogP contribution in [0.4, 0.5) is 10.1 Å². The number of nitrogens with zero attached hydrogens (tertiary/aromatic N) is 1. The Kier molecular flexibility index (Phi) is 3.67. The molecule has 19 heavy (non-hydrogen) atoms. The van der Waals surface area contributed by atoms with Crippen LogP contribution in [0.15, 0.2) is 42.5 Å². The van der Waals surface area contributed by atoms with Crippen LogP contribution < -0.4 is 10.5 Å². The molecule has 0 aromatic heterocycles. The number of benzene rings is 2. The van der Waals surface area contributed by atoms with Crippen molar-refractivity contribution in [3.63, 3.8) is 0 Å². The minimum Gasteiger partial charge on any atom is -0.485 e. The Bertz CT molecular complexity index is 617. The predicted octanol–water partition coefficient (Wildman–Crippen LogP) is 3.42. The molecule has 2 N–H and O–H groups in total. The van der Waals surface area contributed by atoms with Gasteiger partial charge in [0.25, 0.3) is 0 Å². The summed E-state index contributed by atoms with van der Waals surface area (Å²) in [5.74, 6) is -0.337. The van der Waals surface area contributed by atoms with E-state index in [1.807, 2.05) is 25.1 Å². The molecule has 0 aliphatic carbocycles. The summed E-state index contributed by atoms with van der Waals surface area (Å²) in [4.78, 5) is 0. The van der Waals surface area contributed by atoms with Crippen LogP contribution in [0.3, 0.4) is 0 Å². The lowest BCUT2D eigenvalue weighted by molar-refractivity contribution is 0.225. The second-order valence-electron chi connectivity index (χ2n) is 4.15. The van der Waals surface area contributed by atoms with Crippen molar-refractivity contribution in [3.8, 4) is 11.8 Å². The van der Waals surface area contributed by atoms with Gasteiger partial charge in [-0.1, -0.05) is 18.2 Å². The zero-order chi connectivity index (χ0) is 13.8. The molecule has 3 nitrogen and oxygen atoms in total. The number of halogens is 1. The topological polar surface area (TPSA) is 59.0 Å². The third-order valence-corrected chi connectivity index (χ3v) is 2.80. The summed E-state index contributed by atoms with van der Waals surface area (Å²) in [6, 6.07) is 13.4.